The van der Waals surface area contributed by atoms with E-state index in [0.29, 0.717) is 12.2 Å². The maximum absolute atomic E-state index is 12.0. The average Bonchev–Trinajstić information content (AvgIpc) is 3.21. The summed E-state index contributed by atoms with van der Waals surface area (Å²) in [7, 11) is 0. The van der Waals surface area contributed by atoms with Crippen molar-refractivity contribution in [2.24, 2.45) is 11.8 Å². The summed E-state index contributed by atoms with van der Waals surface area (Å²) < 4.78 is 0. The minimum absolute atomic E-state index is 0.133. The van der Waals surface area contributed by atoms with E-state index in [2.05, 4.69) is 10.7 Å². The molecule has 7 heteroatoms. The van der Waals surface area contributed by atoms with Crippen molar-refractivity contribution in [3.8, 4) is 0 Å². The second-order valence-corrected chi connectivity index (χ2v) is 4.62. The van der Waals surface area contributed by atoms with Crippen LogP contribution in [0.2, 0.25) is 0 Å². The number of hydrogen-bond acceptors (Lipinski definition) is 5. The van der Waals surface area contributed by atoms with Crippen molar-refractivity contribution in [1.29, 1.82) is 0 Å². The summed E-state index contributed by atoms with van der Waals surface area (Å²) in [5.74, 6) is 5.67. The number of hydrazine groups is 1. The summed E-state index contributed by atoms with van der Waals surface area (Å²) in [6, 6.07) is 3.95. The number of carbonyl (C=O) groups excluding carboxylic acids is 1. The molecule has 0 aliphatic heterocycles. The summed E-state index contributed by atoms with van der Waals surface area (Å²) in [6.07, 6.45) is 3.40. The number of nitro groups is 1. The highest BCUT2D eigenvalue weighted by Crippen LogP contribution is 2.31. The molecular weight excluding hydrogens is 248 g/mol. The van der Waals surface area contributed by atoms with Gasteiger partial charge in [0.15, 0.2) is 0 Å². The number of benzene rings is 1. The molecule has 1 fully saturated rings. The maximum atomic E-state index is 12.0. The highest BCUT2D eigenvalue weighted by Gasteiger charge is 2.21. The van der Waals surface area contributed by atoms with Gasteiger partial charge in [-0.3, -0.25) is 20.8 Å². The zero-order valence-electron chi connectivity index (χ0n) is 10.4. The van der Waals surface area contributed by atoms with Gasteiger partial charge >= 0.3 is 0 Å². The van der Waals surface area contributed by atoms with E-state index in [1.165, 1.54) is 31.0 Å². The zero-order valence-corrected chi connectivity index (χ0v) is 10.4. The Hall–Kier alpha value is -2.15. The van der Waals surface area contributed by atoms with Crippen LogP contribution in [0.15, 0.2) is 18.2 Å². The van der Waals surface area contributed by atoms with Crippen molar-refractivity contribution in [2.45, 2.75) is 19.3 Å². The molecule has 102 valence electrons. The van der Waals surface area contributed by atoms with E-state index in [1.54, 1.807) is 0 Å². The molecule has 1 aliphatic carbocycles. The Balaban J connectivity index is 2.08. The van der Waals surface area contributed by atoms with Gasteiger partial charge < -0.3 is 10.7 Å². The molecule has 7 nitrogen and oxygen atoms in total. The van der Waals surface area contributed by atoms with Gasteiger partial charge in [0, 0.05) is 18.7 Å². The van der Waals surface area contributed by atoms with E-state index < -0.39 is 4.92 Å². The maximum Gasteiger partial charge on any atom is 0.270 e. The third-order valence-corrected chi connectivity index (χ3v) is 3.15. The first-order chi connectivity index (χ1) is 9.11. The van der Waals surface area contributed by atoms with E-state index in [9.17, 15) is 14.9 Å². The van der Waals surface area contributed by atoms with Crippen LogP contribution in [0.3, 0.4) is 0 Å². The van der Waals surface area contributed by atoms with E-state index in [1.807, 2.05) is 0 Å². The second-order valence-electron chi connectivity index (χ2n) is 4.62. The number of non-ortho nitro benzene ring substituents is 1. The Morgan fingerprint density at radius 1 is 1.47 bits per heavy atom. The molecule has 1 aromatic rings. The van der Waals surface area contributed by atoms with Crippen molar-refractivity contribution in [2.75, 3.05) is 12.0 Å². The lowest BCUT2D eigenvalue weighted by Gasteiger charge is -2.09. The van der Waals surface area contributed by atoms with Crippen LogP contribution in [-0.4, -0.2) is 17.4 Å². The van der Waals surface area contributed by atoms with Crippen LogP contribution in [0.25, 0.3) is 0 Å². The molecule has 0 saturated heterocycles. The molecule has 0 atom stereocenters. The van der Waals surface area contributed by atoms with Crippen molar-refractivity contribution >= 4 is 17.3 Å². The van der Waals surface area contributed by atoms with Crippen LogP contribution in [-0.2, 0) is 0 Å². The monoisotopic (exact) mass is 264 g/mol. The Morgan fingerprint density at radius 3 is 2.79 bits per heavy atom. The van der Waals surface area contributed by atoms with E-state index in [-0.39, 0.29) is 17.2 Å². The Labute approximate surface area is 110 Å². The normalized spacial score (nSPS) is 13.9. The standard InChI is InChI=1S/C12H16N4O3/c13-15-11-4-3-9(16(18)19)7-10(11)12(17)14-6-5-8-1-2-8/h3-4,7-8,15H,1-2,5-6,13H2,(H,14,17). The molecule has 4 N–H and O–H groups in total. The predicted molar refractivity (Wildman–Crippen MR) is 70.6 cm³/mol. The lowest BCUT2D eigenvalue weighted by molar-refractivity contribution is -0.384. The van der Waals surface area contributed by atoms with Gasteiger partial charge in [-0.2, -0.15) is 0 Å². The third kappa shape index (κ3) is 3.41. The van der Waals surface area contributed by atoms with Crippen molar-refractivity contribution in [3.05, 3.63) is 33.9 Å². The first kappa shape index (κ1) is 13.3. The topological polar surface area (TPSA) is 110 Å². The number of nitrogens with one attached hydrogen (secondary N) is 2. The molecule has 1 saturated carbocycles. The minimum atomic E-state index is -0.540. The van der Waals surface area contributed by atoms with Gasteiger partial charge in [-0.25, -0.2) is 0 Å². The molecule has 0 bridgehead atoms. The van der Waals surface area contributed by atoms with Crippen LogP contribution in [0, 0.1) is 16.0 Å². The fourth-order valence-corrected chi connectivity index (χ4v) is 1.85. The van der Waals surface area contributed by atoms with Gasteiger partial charge in [0.2, 0.25) is 0 Å². The Morgan fingerprint density at radius 2 is 2.21 bits per heavy atom. The number of nitro benzene ring substituents is 1. The Bertz CT molecular complexity index is 500. The van der Waals surface area contributed by atoms with Crippen LogP contribution in [0.5, 0.6) is 0 Å². The quantitative estimate of drug-likeness (QED) is 0.409. The fourth-order valence-electron chi connectivity index (χ4n) is 1.85. The fraction of sp³-hybridized carbons (Fsp3) is 0.417. The van der Waals surface area contributed by atoms with E-state index >= 15 is 0 Å². The molecule has 0 radical (unpaired) electrons. The van der Waals surface area contributed by atoms with Crippen LogP contribution in [0.1, 0.15) is 29.6 Å². The zero-order chi connectivity index (χ0) is 13.8. The first-order valence-electron chi connectivity index (χ1n) is 6.15. The number of rotatable bonds is 6. The average molecular weight is 264 g/mol. The van der Waals surface area contributed by atoms with Gasteiger partial charge in [-0.1, -0.05) is 12.8 Å². The number of nitrogen functional groups attached to an aromatic ring is 1. The van der Waals surface area contributed by atoms with E-state index in [4.69, 9.17) is 5.84 Å². The minimum Gasteiger partial charge on any atom is -0.352 e. The van der Waals surface area contributed by atoms with Crippen molar-refractivity contribution in [1.82, 2.24) is 5.32 Å². The number of nitrogens with zero attached hydrogens (tertiary/aromatic N) is 1. The predicted octanol–water partition coefficient (Wildman–Crippen LogP) is 1.41. The summed E-state index contributed by atoms with van der Waals surface area (Å²) in [4.78, 5) is 22.1. The molecule has 1 aromatic carbocycles. The second kappa shape index (κ2) is 5.66. The van der Waals surface area contributed by atoms with Crippen LogP contribution < -0.4 is 16.6 Å². The first-order valence-corrected chi connectivity index (χ1v) is 6.15. The van der Waals surface area contributed by atoms with Gasteiger partial charge in [-0.05, 0) is 18.4 Å². The highest BCUT2D eigenvalue weighted by atomic mass is 16.6. The molecule has 0 unspecified atom stereocenters. The van der Waals surface area contributed by atoms with Gasteiger partial charge in [0.05, 0.1) is 16.2 Å². The number of amides is 1. The number of anilines is 1. The molecule has 0 spiro atoms. The largest absolute Gasteiger partial charge is 0.352 e. The van der Waals surface area contributed by atoms with Gasteiger partial charge in [0.1, 0.15) is 0 Å². The highest BCUT2D eigenvalue weighted by molar-refractivity contribution is 6.00. The molecule has 19 heavy (non-hydrogen) atoms. The summed E-state index contributed by atoms with van der Waals surface area (Å²) in [5.41, 5.74) is 2.80. The molecule has 0 aromatic heterocycles. The summed E-state index contributed by atoms with van der Waals surface area (Å²) >= 11 is 0. The molecular formula is C12H16N4O3. The molecule has 2 rings (SSSR count). The van der Waals surface area contributed by atoms with Crippen LogP contribution in [0.4, 0.5) is 11.4 Å². The van der Waals surface area contributed by atoms with Crippen LogP contribution >= 0.6 is 0 Å². The summed E-state index contributed by atoms with van der Waals surface area (Å²) in [6.45, 7) is 0.580. The number of hydrogen-bond donors (Lipinski definition) is 3. The summed E-state index contributed by atoms with van der Waals surface area (Å²) in [5, 5.41) is 13.5. The molecule has 1 aliphatic rings. The number of nitrogens with two attached hydrogens (primary N) is 1. The van der Waals surface area contributed by atoms with Gasteiger partial charge in [-0.15, -0.1) is 0 Å². The number of carbonyl (C=O) groups is 1. The smallest absolute Gasteiger partial charge is 0.270 e. The van der Waals surface area contributed by atoms with E-state index in [0.717, 1.165) is 12.3 Å². The molecule has 0 heterocycles. The van der Waals surface area contributed by atoms with Gasteiger partial charge in [0.25, 0.3) is 11.6 Å². The Kier molecular flexibility index (Phi) is 3.96. The van der Waals surface area contributed by atoms with Crippen molar-refractivity contribution < 1.29 is 9.72 Å². The van der Waals surface area contributed by atoms with Crippen molar-refractivity contribution in [3.63, 3.8) is 0 Å². The lowest BCUT2D eigenvalue weighted by atomic mass is 10.1. The third-order valence-electron chi connectivity index (χ3n) is 3.15. The SMILES string of the molecule is NNc1ccc([N+](=O)[O-])cc1C(=O)NCCC1CC1. The lowest BCUT2D eigenvalue weighted by Crippen LogP contribution is -2.26. The molecule has 1 amide bonds.